The lowest BCUT2D eigenvalue weighted by Crippen LogP contribution is -2.55. The smallest absolute Gasteiger partial charge is 0.309 e. The first-order valence-electron chi connectivity index (χ1n) is 14.7. The van der Waals surface area contributed by atoms with E-state index in [1.54, 1.807) is 6.08 Å². The van der Waals surface area contributed by atoms with Gasteiger partial charge in [0.25, 0.3) is 0 Å². The number of esters is 1. The third kappa shape index (κ3) is 7.01. The lowest BCUT2D eigenvalue weighted by atomic mass is 9.75. The quantitative estimate of drug-likeness (QED) is 0.220. The van der Waals surface area contributed by atoms with Crippen LogP contribution in [0.25, 0.3) is 0 Å². The second-order valence-corrected chi connectivity index (χ2v) is 19.0. The van der Waals surface area contributed by atoms with Crippen molar-refractivity contribution in [1.29, 1.82) is 0 Å². The summed E-state index contributed by atoms with van der Waals surface area (Å²) >= 11 is 0. The number of hydrogen-bond acceptors (Lipinski definition) is 6. The number of cyclic esters (lactones) is 1. The molecule has 0 saturated carbocycles. The molecule has 38 heavy (non-hydrogen) atoms. The minimum absolute atomic E-state index is 0.00674. The van der Waals surface area contributed by atoms with Crippen molar-refractivity contribution in [2.45, 2.75) is 148 Å². The number of aliphatic hydroxyl groups excluding tert-OH is 2. The predicted octanol–water partition coefficient (Wildman–Crippen LogP) is 6.56. The van der Waals surface area contributed by atoms with Crippen molar-refractivity contribution in [3.63, 3.8) is 0 Å². The van der Waals surface area contributed by atoms with Gasteiger partial charge in [-0.2, -0.15) is 0 Å². The molecule has 2 aliphatic heterocycles. The summed E-state index contributed by atoms with van der Waals surface area (Å²) in [5.41, 5.74) is 1.24. The van der Waals surface area contributed by atoms with Crippen molar-refractivity contribution in [3.05, 3.63) is 24.8 Å². The van der Waals surface area contributed by atoms with E-state index in [2.05, 4.69) is 61.6 Å². The molecular weight excluding hydrogens is 496 g/mol. The van der Waals surface area contributed by atoms with Gasteiger partial charge >= 0.3 is 5.97 Å². The molecule has 7 heteroatoms. The van der Waals surface area contributed by atoms with Crippen molar-refractivity contribution in [2.24, 2.45) is 17.3 Å². The van der Waals surface area contributed by atoms with Crippen molar-refractivity contribution in [3.8, 4) is 0 Å². The molecule has 0 radical (unpaired) electrons. The molecule has 2 fully saturated rings. The molecule has 0 unspecified atom stereocenters. The van der Waals surface area contributed by atoms with Gasteiger partial charge in [0, 0.05) is 11.3 Å². The average Bonchev–Trinajstić information content (AvgIpc) is 2.81. The molecule has 0 spiro atoms. The maximum absolute atomic E-state index is 13.2. The van der Waals surface area contributed by atoms with Gasteiger partial charge in [0.15, 0.2) is 0 Å². The Morgan fingerprint density at radius 3 is 2.08 bits per heavy atom. The first kappa shape index (κ1) is 33.2. The highest BCUT2D eigenvalue weighted by Crippen LogP contribution is 2.46. The van der Waals surface area contributed by atoms with Gasteiger partial charge in [0.2, 0.25) is 8.32 Å². The average molecular weight is 553 g/mol. The fourth-order valence-corrected chi connectivity index (χ4v) is 12.6. The third-order valence-electron chi connectivity index (χ3n) is 9.57. The summed E-state index contributed by atoms with van der Waals surface area (Å²) in [6.07, 6.45) is 0.290. The van der Waals surface area contributed by atoms with Gasteiger partial charge in [0.05, 0.1) is 36.9 Å². The van der Waals surface area contributed by atoms with Gasteiger partial charge in [-0.25, -0.2) is 0 Å². The Kier molecular flexibility index (Phi) is 11.5. The van der Waals surface area contributed by atoms with Crippen LogP contribution < -0.4 is 0 Å². The van der Waals surface area contributed by atoms with Crippen LogP contribution in [-0.4, -0.2) is 61.1 Å². The second kappa shape index (κ2) is 13.1. The summed E-state index contributed by atoms with van der Waals surface area (Å²) in [5, 5.41) is 22.2. The van der Waals surface area contributed by atoms with Crippen LogP contribution in [0, 0.1) is 17.3 Å². The Labute approximate surface area is 233 Å². The summed E-state index contributed by atoms with van der Waals surface area (Å²) in [7, 11) is -2.18. The molecule has 0 aromatic heterocycles. The van der Waals surface area contributed by atoms with E-state index >= 15 is 0 Å². The monoisotopic (exact) mass is 552 g/mol. The zero-order valence-electron chi connectivity index (χ0n) is 25.7. The Balaban J connectivity index is 2.47. The van der Waals surface area contributed by atoms with E-state index < -0.39 is 32.0 Å². The van der Waals surface area contributed by atoms with Crippen LogP contribution in [0.15, 0.2) is 24.8 Å². The van der Waals surface area contributed by atoms with Gasteiger partial charge < -0.3 is 24.1 Å². The van der Waals surface area contributed by atoms with E-state index in [1.807, 2.05) is 20.8 Å². The highest BCUT2D eigenvalue weighted by molar-refractivity contribution is 6.77. The molecular formula is C31H56O6Si. The molecule has 2 aliphatic rings. The van der Waals surface area contributed by atoms with Crippen molar-refractivity contribution in [1.82, 2.24) is 0 Å². The first-order chi connectivity index (χ1) is 17.5. The number of fused-ring (bicyclic) bond motifs is 2. The minimum atomic E-state index is -2.18. The molecule has 8 atom stereocenters. The predicted molar refractivity (Wildman–Crippen MR) is 156 cm³/mol. The van der Waals surface area contributed by atoms with E-state index in [1.165, 1.54) is 0 Å². The van der Waals surface area contributed by atoms with Crippen LogP contribution in [0.5, 0.6) is 0 Å². The van der Waals surface area contributed by atoms with Crippen molar-refractivity contribution < 1.29 is 28.9 Å². The maximum atomic E-state index is 13.2. The standard InChI is InChI=1S/C31H56O6Si/c1-13-28-31(11,12)27(32)15-22(9)30(34)21(8)14-24-16-26(23(10)25(35-24)17-29(33)36-28)37-38(18(2)3,19(4)5)20(6)7/h13,18-20,22-28,30,32,34H,1,8,14-17H2,2-7,9-12H3/t22-,23+,24-,25+,26+,27-,28-,30+/m1/s1. The van der Waals surface area contributed by atoms with Crippen LogP contribution in [-0.2, 0) is 18.7 Å². The highest BCUT2D eigenvalue weighted by atomic mass is 28.4. The van der Waals surface area contributed by atoms with E-state index in [0.717, 1.165) is 0 Å². The summed E-state index contributed by atoms with van der Waals surface area (Å²) in [4.78, 5) is 13.2. The molecule has 6 nitrogen and oxygen atoms in total. The second-order valence-electron chi connectivity index (χ2n) is 13.6. The number of carbonyl (C=O) groups excluding carboxylic acids is 1. The number of carbonyl (C=O) groups is 1. The molecule has 220 valence electrons. The molecule has 0 aromatic carbocycles. The van der Waals surface area contributed by atoms with E-state index in [-0.39, 0.29) is 42.5 Å². The maximum Gasteiger partial charge on any atom is 0.309 e. The third-order valence-corrected chi connectivity index (χ3v) is 15.7. The van der Waals surface area contributed by atoms with Gasteiger partial charge in [-0.1, -0.05) is 88.5 Å². The Morgan fingerprint density at radius 2 is 1.58 bits per heavy atom. The molecule has 2 saturated heterocycles. The fraction of sp³-hybridized carbons (Fsp3) is 0.839. The SMILES string of the molecule is C=C[C@H]1OC(=O)C[C@@H]2O[C@H](CC(=C)[C@H](O)[C@H](C)C[C@@H](O)C1(C)C)C[C@H](O[Si](C(C)C)(C(C)C)C(C)C)[C@H]2C. The molecule has 0 aromatic rings. The van der Waals surface area contributed by atoms with Gasteiger partial charge in [-0.15, -0.1) is 0 Å². The number of rotatable bonds is 6. The number of hydrogen-bond donors (Lipinski definition) is 2. The number of ether oxygens (including phenoxy) is 2. The Bertz CT molecular complexity index is 799. The van der Waals surface area contributed by atoms with Crippen LogP contribution in [0.2, 0.25) is 16.6 Å². The van der Waals surface area contributed by atoms with Gasteiger partial charge in [-0.05, 0) is 47.4 Å². The van der Waals surface area contributed by atoms with Crippen LogP contribution in [0.4, 0.5) is 0 Å². The fourth-order valence-electron chi connectivity index (χ4n) is 6.98. The topological polar surface area (TPSA) is 85.2 Å². The van der Waals surface area contributed by atoms with Crippen LogP contribution in [0.1, 0.15) is 94.9 Å². The van der Waals surface area contributed by atoms with Gasteiger partial charge in [-0.3, -0.25) is 4.79 Å². The molecule has 2 N–H and O–H groups in total. The summed E-state index contributed by atoms with van der Waals surface area (Å²) in [5.74, 6) is -0.600. The Hall–Kier alpha value is -0.993. The largest absolute Gasteiger partial charge is 0.457 e. The van der Waals surface area contributed by atoms with E-state index in [9.17, 15) is 15.0 Å². The van der Waals surface area contributed by atoms with Crippen LogP contribution in [0.3, 0.4) is 0 Å². The van der Waals surface area contributed by atoms with Crippen LogP contribution >= 0.6 is 0 Å². The highest BCUT2D eigenvalue weighted by Gasteiger charge is 2.50. The zero-order valence-corrected chi connectivity index (χ0v) is 26.7. The molecule has 2 bridgehead atoms. The molecule has 0 aliphatic carbocycles. The Morgan fingerprint density at radius 1 is 1.03 bits per heavy atom. The molecule has 2 rings (SSSR count). The minimum Gasteiger partial charge on any atom is -0.457 e. The molecule has 0 amide bonds. The summed E-state index contributed by atoms with van der Waals surface area (Å²) in [6, 6.07) is 0. The summed E-state index contributed by atoms with van der Waals surface area (Å²) < 4.78 is 19.7. The normalized spacial score (nSPS) is 35.8. The van der Waals surface area contributed by atoms with Gasteiger partial charge in [0.1, 0.15) is 6.10 Å². The van der Waals surface area contributed by atoms with Crippen molar-refractivity contribution in [2.75, 3.05) is 0 Å². The lowest BCUT2D eigenvalue weighted by Gasteiger charge is -2.49. The zero-order chi connectivity index (χ0) is 29.2. The summed E-state index contributed by atoms with van der Waals surface area (Å²) in [6.45, 7) is 29.6. The first-order valence-corrected chi connectivity index (χ1v) is 16.8. The lowest BCUT2D eigenvalue weighted by molar-refractivity contribution is -0.170. The molecule has 2 heterocycles. The van der Waals surface area contributed by atoms with E-state index in [4.69, 9.17) is 13.9 Å². The number of aliphatic hydroxyl groups is 2. The van der Waals surface area contributed by atoms with Crippen molar-refractivity contribution >= 4 is 14.3 Å². The van der Waals surface area contributed by atoms with E-state index in [0.29, 0.717) is 41.5 Å².